The maximum absolute atomic E-state index is 13.6. The van der Waals surface area contributed by atoms with E-state index in [0.29, 0.717) is 12.7 Å². The van der Waals surface area contributed by atoms with E-state index in [1.807, 2.05) is 55.4 Å². The van der Waals surface area contributed by atoms with E-state index in [4.69, 9.17) is 5.11 Å². The van der Waals surface area contributed by atoms with E-state index in [1.165, 1.54) is 5.01 Å². The Labute approximate surface area is 231 Å². The minimum Gasteiger partial charge on any atom is -0.481 e. The molecule has 3 atom stereocenters. The van der Waals surface area contributed by atoms with Gasteiger partial charge in [0.05, 0.1) is 18.9 Å². The van der Waals surface area contributed by atoms with Crippen molar-refractivity contribution < 1.29 is 33.9 Å². The van der Waals surface area contributed by atoms with Gasteiger partial charge in [-0.1, -0.05) is 30.3 Å². The molecule has 0 saturated carbocycles. The quantitative estimate of drug-likeness (QED) is 0.383. The van der Waals surface area contributed by atoms with E-state index in [0.717, 1.165) is 27.0 Å². The molecule has 0 radical (unpaired) electrons. The number of carboxylic acids is 1. The fourth-order valence-corrected chi connectivity index (χ4v) is 5.26. The molecule has 0 spiro atoms. The number of hydrogen-bond donors (Lipinski definition) is 3. The largest absolute Gasteiger partial charge is 0.481 e. The Morgan fingerprint density at radius 2 is 1.90 bits per heavy atom. The van der Waals surface area contributed by atoms with Crippen LogP contribution in [0, 0.1) is 0 Å². The molecule has 2 saturated heterocycles. The van der Waals surface area contributed by atoms with Crippen molar-refractivity contribution in [2.24, 2.45) is 0 Å². The predicted molar refractivity (Wildman–Crippen MR) is 145 cm³/mol. The summed E-state index contributed by atoms with van der Waals surface area (Å²) in [5.74, 6) is -3.36. The first kappa shape index (κ1) is 28.5. The van der Waals surface area contributed by atoms with Crippen LogP contribution in [-0.2, 0) is 35.2 Å². The van der Waals surface area contributed by atoms with Crippen LogP contribution < -0.4 is 15.5 Å². The van der Waals surface area contributed by atoms with Crippen molar-refractivity contribution in [1.82, 2.24) is 20.7 Å². The van der Waals surface area contributed by atoms with Crippen molar-refractivity contribution in [2.45, 2.75) is 56.7 Å². The fourth-order valence-electron chi connectivity index (χ4n) is 5.26. The molecule has 2 aliphatic rings. The van der Waals surface area contributed by atoms with Crippen LogP contribution in [0.1, 0.15) is 37.7 Å². The van der Waals surface area contributed by atoms with Gasteiger partial charge in [0.25, 0.3) is 5.91 Å². The predicted octanol–water partition coefficient (Wildman–Crippen LogP) is 0.620. The third-order valence-corrected chi connectivity index (χ3v) is 7.13. The molecule has 2 fully saturated rings. The van der Waals surface area contributed by atoms with E-state index in [-0.39, 0.29) is 38.1 Å². The van der Waals surface area contributed by atoms with Crippen molar-refractivity contribution >= 4 is 52.3 Å². The zero-order valence-electron chi connectivity index (χ0n) is 22.5. The maximum atomic E-state index is 13.6. The average Bonchev–Trinajstić information content (AvgIpc) is 3.03. The lowest BCUT2D eigenvalue weighted by Crippen LogP contribution is -2.64. The number of hydrogen-bond acceptors (Lipinski definition) is 7. The van der Waals surface area contributed by atoms with Gasteiger partial charge in [0.1, 0.15) is 18.4 Å². The monoisotopic (exact) mass is 551 g/mol. The summed E-state index contributed by atoms with van der Waals surface area (Å²) in [7, 11) is 3.84. The Kier molecular flexibility index (Phi) is 8.66. The first-order valence-corrected chi connectivity index (χ1v) is 13.2. The van der Waals surface area contributed by atoms with Crippen LogP contribution in [0.3, 0.4) is 0 Å². The molecule has 2 aromatic carbocycles. The van der Waals surface area contributed by atoms with Gasteiger partial charge in [-0.15, -0.1) is 0 Å². The topological polar surface area (TPSA) is 156 Å². The van der Waals surface area contributed by atoms with Crippen molar-refractivity contribution in [1.29, 1.82) is 0 Å². The normalized spacial score (nSPS) is 19.9. The molecule has 2 aromatic rings. The highest BCUT2D eigenvalue weighted by atomic mass is 16.4. The van der Waals surface area contributed by atoms with Crippen LogP contribution in [0.2, 0.25) is 0 Å². The number of rotatable bonds is 9. The number of benzene rings is 2. The summed E-state index contributed by atoms with van der Waals surface area (Å²) < 4.78 is 0. The lowest BCUT2D eigenvalue weighted by atomic mass is 10.0. The Hall–Kier alpha value is -4.48. The number of carbonyl (C=O) groups is 6. The highest BCUT2D eigenvalue weighted by Crippen LogP contribution is 2.28. The zero-order valence-corrected chi connectivity index (χ0v) is 22.5. The Morgan fingerprint density at radius 1 is 1.15 bits per heavy atom. The molecule has 0 bridgehead atoms. The van der Waals surface area contributed by atoms with E-state index in [9.17, 15) is 28.8 Å². The van der Waals surface area contributed by atoms with E-state index in [1.54, 1.807) is 0 Å². The van der Waals surface area contributed by atoms with Crippen LogP contribution in [-0.4, -0.2) is 89.8 Å². The number of nitrogens with one attached hydrogen (secondary N) is 2. The van der Waals surface area contributed by atoms with Crippen molar-refractivity contribution in [3.8, 4) is 0 Å². The number of aliphatic carboxylic acids is 1. The fraction of sp³-hybridized carbons (Fsp3) is 0.429. The van der Waals surface area contributed by atoms with Gasteiger partial charge >= 0.3 is 5.97 Å². The third kappa shape index (κ3) is 6.22. The summed E-state index contributed by atoms with van der Waals surface area (Å²) in [6, 6.07) is 8.25. The second-order valence-electron chi connectivity index (χ2n) is 10.3. The van der Waals surface area contributed by atoms with Gasteiger partial charge in [0.15, 0.2) is 0 Å². The van der Waals surface area contributed by atoms with Crippen molar-refractivity contribution in [3.05, 3.63) is 42.0 Å². The number of aldehydes is 1. The zero-order chi connectivity index (χ0) is 29.0. The van der Waals surface area contributed by atoms with Crippen molar-refractivity contribution in [2.75, 3.05) is 25.5 Å². The summed E-state index contributed by atoms with van der Waals surface area (Å²) in [6.07, 6.45) is 0.435. The first-order chi connectivity index (χ1) is 19.1. The summed E-state index contributed by atoms with van der Waals surface area (Å²) in [5, 5.41) is 18.4. The number of fused-ring (bicyclic) bond motifs is 2. The van der Waals surface area contributed by atoms with E-state index < -0.39 is 48.2 Å². The van der Waals surface area contributed by atoms with Crippen LogP contribution >= 0.6 is 0 Å². The van der Waals surface area contributed by atoms with Gasteiger partial charge in [-0.05, 0) is 36.3 Å². The second-order valence-corrected chi connectivity index (χ2v) is 10.3. The average molecular weight is 552 g/mol. The van der Waals surface area contributed by atoms with E-state index in [2.05, 4.69) is 10.6 Å². The molecule has 4 amide bonds. The second kappa shape index (κ2) is 12.1. The van der Waals surface area contributed by atoms with Gasteiger partial charge in [-0.3, -0.25) is 29.0 Å². The Morgan fingerprint density at radius 3 is 2.60 bits per heavy atom. The highest BCUT2D eigenvalue weighted by molar-refractivity contribution is 5.98. The number of nitrogens with zero attached hydrogens (tertiary/aromatic N) is 3. The standard InChI is InChI=1S/C28H33N5O7/c1-31(2)23-13-17(12-18-6-3-4-7-20(18)23)14-24(35)30-21-9-10-25(36)32-11-5-8-22(33(32)28(21)40)27(39)29-19(16-34)15-26(37)38/h3-4,6-7,12-13,16,19,21-22H,5,8-11,14-15H2,1-2H3,(H,29,39)(H,30,35)(H,37,38). The SMILES string of the molecule is CN(C)c1cc(CC(=O)NC2CCC(=O)N3CCCC(C(=O)NC(C=O)CC(=O)O)N3C2=O)cc2ccccc12. The molecule has 0 aliphatic carbocycles. The Balaban J connectivity index is 1.52. The molecule has 212 valence electrons. The molecule has 3 unspecified atom stereocenters. The minimum atomic E-state index is -1.28. The smallest absolute Gasteiger partial charge is 0.305 e. The van der Waals surface area contributed by atoms with Crippen LogP contribution in [0.25, 0.3) is 10.8 Å². The number of carbonyl (C=O) groups excluding carboxylic acids is 5. The molecule has 40 heavy (non-hydrogen) atoms. The van der Waals surface area contributed by atoms with Gasteiger partial charge in [0.2, 0.25) is 17.7 Å². The summed E-state index contributed by atoms with van der Waals surface area (Å²) >= 11 is 0. The summed E-state index contributed by atoms with van der Waals surface area (Å²) in [4.78, 5) is 77.0. The molecule has 0 aromatic heterocycles. The van der Waals surface area contributed by atoms with Crippen LogP contribution in [0.4, 0.5) is 5.69 Å². The maximum Gasteiger partial charge on any atom is 0.305 e. The number of hydrazine groups is 1. The number of amides is 4. The minimum absolute atomic E-state index is 0.00173. The molecule has 4 rings (SSSR count). The number of carboxylic acid groups (broad SMARTS) is 1. The molecular weight excluding hydrogens is 518 g/mol. The summed E-state index contributed by atoms with van der Waals surface area (Å²) in [6.45, 7) is 0.228. The van der Waals surface area contributed by atoms with Crippen LogP contribution in [0.15, 0.2) is 36.4 Å². The molecular formula is C28H33N5O7. The molecule has 2 aliphatic heterocycles. The molecule has 12 heteroatoms. The lowest BCUT2D eigenvalue weighted by molar-refractivity contribution is -0.176. The molecule has 2 heterocycles. The third-order valence-electron chi connectivity index (χ3n) is 7.13. The molecule has 12 nitrogen and oxygen atoms in total. The highest BCUT2D eigenvalue weighted by Gasteiger charge is 2.44. The molecule has 3 N–H and O–H groups in total. The first-order valence-electron chi connectivity index (χ1n) is 13.2. The van der Waals surface area contributed by atoms with E-state index >= 15 is 0 Å². The van der Waals surface area contributed by atoms with Gasteiger partial charge in [-0.25, -0.2) is 5.01 Å². The summed E-state index contributed by atoms with van der Waals surface area (Å²) in [5.41, 5.74) is 1.71. The van der Waals surface area contributed by atoms with Crippen LogP contribution in [0.5, 0.6) is 0 Å². The lowest BCUT2D eigenvalue weighted by Gasteiger charge is -2.43. The van der Waals surface area contributed by atoms with Gasteiger partial charge < -0.3 is 25.4 Å². The van der Waals surface area contributed by atoms with Gasteiger partial charge in [0, 0.05) is 38.1 Å². The Bertz CT molecular complexity index is 1340. The van der Waals surface area contributed by atoms with Gasteiger partial charge in [-0.2, -0.15) is 0 Å². The number of anilines is 1. The van der Waals surface area contributed by atoms with Crippen molar-refractivity contribution in [3.63, 3.8) is 0 Å².